The van der Waals surface area contributed by atoms with Crippen molar-refractivity contribution < 1.29 is 9.53 Å². The number of ether oxygens (including phenoxy) is 1. The molecule has 1 amide bonds. The van der Waals surface area contributed by atoms with Crippen molar-refractivity contribution in [2.45, 2.75) is 32.9 Å². The second-order valence-corrected chi connectivity index (χ2v) is 7.99. The lowest BCUT2D eigenvalue weighted by Crippen LogP contribution is -2.27. The number of hydrogen-bond donors (Lipinski definition) is 2. The average Bonchev–Trinajstić information content (AvgIpc) is 3.18. The quantitative estimate of drug-likeness (QED) is 0.354. The molecule has 1 aromatic heterocycles. The van der Waals surface area contributed by atoms with E-state index in [2.05, 4.69) is 45.8 Å². The van der Waals surface area contributed by atoms with Gasteiger partial charge in [0.15, 0.2) is 10.6 Å². The van der Waals surface area contributed by atoms with Crippen molar-refractivity contribution in [1.82, 2.24) is 20.1 Å². The molecule has 0 aliphatic carbocycles. The van der Waals surface area contributed by atoms with Gasteiger partial charge in [-0.1, -0.05) is 36.4 Å². The first kappa shape index (κ1) is 21.8. The fourth-order valence-corrected chi connectivity index (χ4v) is 3.92. The van der Waals surface area contributed by atoms with Crippen LogP contribution in [0.25, 0.3) is 22.2 Å². The van der Waals surface area contributed by atoms with Crippen molar-refractivity contribution in [3.63, 3.8) is 0 Å². The smallest absolute Gasteiger partial charge is 0.222 e. The first-order valence-corrected chi connectivity index (χ1v) is 11.1. The Labute approximate surface area is 192 Å². The Morgan fingerprint density at radius 2 is 1.88 bits per heavy atom. The highest BCUT2D eigenvalue weighted by molar-refractivity contribution is 7.71. The van der Waals surface area contributed by atoms with E-state index < -0.39 is 0 Å². The second-order valence-electron chi connectivity index (χ2n) is 7.61. The number of rotatable bonds is 8. The molecule has 0 aliphatic rings. The van der Waals surface area contributed by atoms with Crippen LogP contribution < -0.4 is 10.1 Å². The van der Waals surface area contributed by atoms with Crippen molar-refractivity contribution in [1.29, 1.82) is 0 Å². The molecule has 4 aromatic rings. The lowest BCUT2D eigenvalue weighted by atomic mass is 10.0. The van der Waals surface area contributed by atoms with E-state index in [1.807, 2.05) is 54.8 Å². The van der Waals surface area contributed by atoms with Gasteiger partial charge in [-0.25, -0.2) is 0 Å². The zero-order valence-electron chi connectivity index (χ0n) is 18.2. The highest BCUT2D eigenvalue weighted by Gasteiger charge is 2.13. The lowest BCUT2D eigenvalue weighted by Gasteiger charge is -2.15. The predicted molar refractivity (Wildman–Crippen MR) is 129 cm³/mol. The normalized spacial score (nSPS) is 11.9. The second kappa shape index (κ2) is 9.78. The number of aromatic nitrogens is 3. The van der Waals surface area contributed by atoms with Crippen LogP contribution in [0.5, 0.6) is 5.75 Å². The van der Waals surface area contributed by atoms with E-state index in [1.54, 1.807) is 0 Å². The molecule has 164 valence electrons. The number of carbonyl (C=O) groups excluding carboxylic acids is 1. The minimum absolute atomic E-state index is 0.0357. The molecule has 0 saturated heterocycles. The largest absolute Gasteiger partial charge is 0.494 e. The summed E-state index contributed by atoms with van der Waals surface area (Å²) in [4.78, 5) is 12.7. The van der Waals surface area contributed by atoms with Crippen LogP contribution in [0, 0.1) is 4.77 Å². The van der Waals surface area contributed by atoms with Gasteiger partial charge in [0.25, 0.3) is 0 Å². The van der Waals surface area contributed by atoms with Crippen LogP contribution in [0.4, 0.5) is 0 Å². The van der Waals surface area contributed by atoms with Gasteiger partial charge in [0, 0.05) is 18.5 Å². The lowest BCUT2D eigenvalue weighted by molar-refractivity contribution is -0.121. The van der Waals surface area contributed by atoms with Gasteiger partial charge in [-0.2, -0.15) is 5.10 Å². The third-order valence-corrected chi connectivity index (χ3v) is 5.71. The van der Waals surface area contributed by atoms with Crippen LogP contribution in [0.15, 0.2) is 66.7 Å². The van der Waals surface area contributed by atoms with Crippen LogP contribution in [0.1, 0.15) is 31.9 Å². The third kappa shape index (κ3) is 4.89. The van der Waals surface area contributed by atoms with Gasteiger partial charge in [-0.05, 0) is 72.7 Å². The summed E-state index contributed by atoms with van der Waals surface area (Å²) in [5.74, 6) is 1.47. The van der Waals surface area contributed by atoms with Gasteiger partial charge < -0.3 is 10.1 Å². The van der Waals surface area contributed by atoms with Crippen LogP contribution in [-0.4, -0.2) is 27.3 Å². The molecule has 1 atom stereocenters. The van der Waals surface area contributed by atoms with Crippen molar-refractivity contribution in [3.8, 4) is 17.1 Å². The van der Waals surface area contributed by atoms with E-state index in [0.29, 0.717) is 30.2 Å². The summed E-state index contributed by atoms with van der Waals surface area (Å²) in [6.07, 6.45) is 0.301. The van der Waals surface area contributed by atoms with Crippen LogP contribution in [0.3, 0.4) is 0 Å². The van der Waals surface area contributed by atoms with Crippen molar-refractivity contribution in [2.75, 3.05) is 6.61 Å². The number of aromatic amines is 1. The number of nitrogens with zero attached hydrogens (tertiary/aromatic N) is 2. The number of H-pyrrole nitrogens is 1. The van der Waals surface area contributed by atoms with Gasteiger partial charge in [-0.15, -0.1) is 0 Å². The van der Waals surface area contributed by atoms with Gasteiger partial charge in [0.2, 0.25) is 5.91 Å². The monoisotopic (exact) mass is 446 g/mol. The number of nitrogens with one attached hydrogen (secondary N) is 2. The maximum atomic E-state index is 12.7. The number of fused-ring (bicyclic) bond motifs is 1. The van der Waals surface area contributed by atoms with E-state index in [0.717, 1.165) is 22.3 Å². The molecule has 0 saturated carbocycles. The molecule has 0 fully saturated rings. The number of benzene rings is 3. The van der Waals surface area contributed by atoms with E-state index in [1.165, 1.54) is 5.39 Å². The van der Waals surface area contributed by atoms with Crippen LogP contribution in [-0.2, 0) is 11.3 Å². The maximum Gasteiger partial charge on any atom is 0.222 e. The third-order valence-electron chi connectivity index (χ3n) is 5.40. The van der Waals surface area contributed by atoms with Crippen molar-refractivity contribution >= 4 is 28.9 Å². The fourth-order valence-electron chi connectivity index (χ4n) is 3.70. The Bertz CT molecular complexity index is 1280. The summed E-state index contributed by atoms with van der Waals surface area (Å²) in [5.41, 5.74) is 1.98. The molecule has 6 nitrogen and oxygen atoms in total. The van der Waals surface area contributed by atoms with Crippen molar-refractivity contribution in [3.05, 3.63) is 77.1 Å². The van der Waals surface area contributed by atoms with Gasteiger partial charge >= 0.3 is 0 Å². The Morgan fingerprint density at radius 3 is 2.62 bits per heavy atom. The average molecular weight is 447 g/mol. The fraction of sp³-hybridized carbons (Fsp3) is 0.240. The van der Waals surface area contributed by atoms with Crippen LogP contribution in [0.2, 0.25) is 0 Å². The molecule has 0 bridgehead atoms. The van der Waals surface area contributed by atoms with Gasteiger partial charge in [0.05, 0.1) is 12.6 Å². The highest BCUT2D eigenvalue weighted by atomic mass is 32.1. The molecule has 4 rings (SSSR count). The number of carbonyl (C=O) groups is 1. The zero-order valence-corrected chi connectivity index (χ0v) is 19.0. The number of hydrogen-bond acceptors (Lipinski definition) is 4. The topological polar surface area (TPSA) is 71.9 Å². The molecule has 7 heteroatoms. The summed E-state index contributed by atoms with van der Waals surface area (Å²) < 4.78 is 7.84. The minimum atomic E-state index is -0.0880. The van der Waals surface area contributed by atoms with Crippen molar-refractivity contribution in [2.24, 2.45) is 0 Å². The van der Waals surface area contributed by atoms with E-state index in [9.17, 15) is 4.79 Å². The summed E-state index contributed by atoms with van der Waals surface area (Å²) in [6, 6.07) is 22.1. The van der Waals surface area contributed by atoms with Gasteiger partial charge in [0.1, 0.15) is 5.75 Å². The van der Waals surface area contributed by atoms with Gasteiger partial charge in [-0.3, -0.25) is 14.5 Å². The molecule has 0 aliphatic heterocycles. The Morgan fingerprint density at radius 1 is 1.12 bits per heavy atom. The predicted octanol–water partition coefficient (Wildman–Crippen LogP) is 5.43. The Balaban J connectivity index is 1.41. The standard InChI is InChI=1S/C25H26N4O2S/c1-3-31-22-12-10-19(11-13-22)24-27-28-25(32)29(24)15-14-23(30)26-17(2)20-9-8-18-6-4-5-7-21(18)16-20/h4-13,16-17H,3,14-15H2,1-2H3,(H,26,30)(H,28,32)/t17-/m0/s1. The SMILES string of the molecule is CCOc1ccc(-c2n[nH]c(=S)n2CCC(=O)N[C@@H](C)c2ccc3ccccc3c2)cc1. The number of amides is 1. The molecular weight excluding hydrogens is 420 g/mol. The molecular formula is C25H26N4O2S. The molecule has 32 heavy (non-hydrogen) atoms. The molecule has 0 spiro atoms. The summed E-state index contributed by atoms with van der Waals surface area (Å²) in [6.45, 7) is 5.00. The molecule has 0 unspecified atom stereocenters. The summed E-state index contributed by atoms with van der Waals surface area (Å²) >= 11 is 5.39. The minimum Gasteiger partial charge on any atom is -0.494 e. The Hall–Kier alpha value is -3.45. The van der Waals surface area contributed by atoms with Crippen LogP contribution >= 0.6 is 12.2 Å². The summed E-state index contributed by atoms with van der Waals surface area (Å²) in [7, 11) is 0. The molecule has 3 aromatic carbocycles. The molecule has 1 heterocycles. The first-order valence-electron chi connectivity index (χ1n) is 10.7. The van der Waals surface area contributed by atoms with E-state index in [-0.39, 0.29) is 11.9 Å². The van der Waals surface area contributed by atoms with E-state index >= 15 is 0 Å². The molecule has 2 N–H and O–H groups in total. The summed E-state index contributed by atoms with van der Waals surface area (Å²) in [5, 5.41) is 12.6. The molecule has 0 radical (unpaired) electrons. The Kier molecular flexibility index (Phi) is 6.66. The maximum absolute atomic E-state index is 12.7. The first-order chi connectivity index (χ1) is 15.5. The zero-order chi connectivity index (χ0) is 22.5. The van der Waals surface area contributed by atoms with E-state index in [4.69, 9.17) is 17.0 Å². The highest BCUT2D eigenvalue weighted by Crippen LogP contribution is 2.22.